The van der Waals surface area contributed by atoms with Crippen LogP contribution < -0.4 is 9.61 Å². The fourth-order valence-electron chi connectivity index (χ4n) is 1.38. The van der Waals surface area contributed by atoms with Gasteiger partial charge in [-0.2, -0.15) is 0 Å². The lowest BCUT2D eigenvalue weighted by atomic mass is 10.3. The fraction of sp³-hybridized carbons (Fsp3) is 0.500. The predicted molar refractivity (Wildman–Crippen MR) is 73.4 cm³/mol. The van der Waals surface area contributed by atoms with Gasteiger partial charge in [0.15, 0.2) is 0 Å². The van der Waals surface area contributed by atoms with Crippen LogP contribution in [0.3, 0.4) is 0 Å². The van der Waals surface area contributed by atoms with Crippen molar-refractivity contribution in [2.75, 3.05) is 0 Å². The molecule has 0 aliphatic rings. The molecule has 15 heavy (non-hydrogen) atoms. The highest BCUT2D eigenvalue weighted by atomic mass is 28.4. The largest absolute Gasteiger partial charge is 0.544 e. The first-order chi connectivity index (χ1) is 6.68. The number of rotatable bonds is 3. The molecule has 0 radical (unpaired) electrons. The standard InChI is InChI=1S/C12H22OSi2/c1-14(2,3)12-9-7-8-11(10-12)13-15(4,5)6/h7-10H,1-6H3. The van der Waals surface area contributed by atoms with Gasteiger partial charge in [0, 0.05) is 0 Å². The van der Waals surface area contributed by atoms with Gasteiger partial charge in [0.1, 0.15) is 5.75 Å². The van der Waals surface area contributed by atoms with Crippen molar-refractivity contribution in [2.24, 2.45) is 0 Å². The van der Waals surface area contributed by atoms with Gasteiger partial charge in [0.2, 0.25) is 8.32 Å². The molecule has 0 aliphatic carbocycles. The fourth-order valence-corrected chi connectivity index (χ4v) is 3.39. The van der Waals surface area contributed by atoms with Crippen molar-refractivity contribution in [1.82, 2.24) is 0 Å². The minimum Gasteiger partial charge on any atom is -0.544 e. The minimum absolute atomic E-state index is 1.05. The van der Waals surface area contributed by atoms with Crippen LogP contribution in [0, 0.1) is 0 Å². The quantitative estimate of drug-likeness (QED) is 0.733. The normalized spacial score (nSPS) is 12.7. The Labute approximate surface area is 95.6 Å². The zero-order valence-electron chi connectivity index (χ0n) is 10.7. The Morgan fingerprint density at radius 1 is 0.933 bits per heavy atom. The van der Waals surface area contributed by atoms with Gasteiger partial charge in [-0.3, -0.25) is 0 Å². The van der Waals surface area contributed by atoms with Crippen LogP contribution >= 0.6 is 0 Å². The summed E-state index contributed by atoms with van der Waals surface area (Å²) in [6, 6.07) is 8.64. The van der Waals surface area contributed by atoms with E-state index in [0.29, 0.717) is 0 Å². The summed E-state index contributed by atoms with van der Waals surface area (Å²) in [5, 5.41) is 1.47. The van der Waals surface area contributed by atoms with Crippen LogP contribution in [0.15, 0.2) is 24.3 Å². The van der Waals surface area contributed by atoms with Crippen LogP contribution in [0.25, 0.3) is 0 Å². The maximum absolute atomic E-state index is 6.00. The molecule has 0 fully saturated rings. The molecule has 0 aromatic heterocycles. The molecule has 0 amide bonds. The first kappa shape index (κ1) is 12.5. The lowest BCUT2D eigenvalue weighted by molar-refractivity contribution is 0.558. The van der Waals surface area contributed by atoms with E-state index in [0.717, 1.165) is 5.75 Å². The highest BCUT2D eigenvalue weighted by molar-refractivity contribution is 6.88. The zero-order chi connectivity index (χ0) is 11.7. The van der Waals surface area contributed by atoms with Gasteiger partial charge in [0.05, 0.1) is 8.07 Å². The molecule has 0 saturated carbocycles. The van der Waals surface area contributed by atoms with Gasteiger partial charge < -0.3 is 4.43 Å². The smallest absolute Gasteiger partial charge is 0.242 e. The highest BCUT2D eigenvalue weighted by Gasteiger charge is 2.19. The summed E-state index contributed by atoms with van der Waals surface area (Å²) in [7, 11) is -2.67. The lowest BCUT2D eigenvalue weighted by Crippen LogP contribution is -2.38. The molecule has 1 aromatic rings. The molecular weight excluding hydrogens is 216 g/mol. The van der Waals surface area contributed by atoms with Crippen molar-refractivity contribution in [3.05, 3.63) is 24.3 Å². The van der Waals surface area contributed by atoms with Crippen molar-refractivity contribution < 1.29 is 4.43 Å². The summed E-state index contributed by atoms with van der Waals surface area (Å²) in [5.41, 5.74) is 0. The molecule has 0 aliphatic heterocycles. The summed E-state index contributed by atoms with van der Waals surface area (Å²) >= 11 is 0. The number of hydrogen-bond acceptors (Lipinski definition) is 1. The maximum atomic E-state index is 6.00. The molecule has 0 unspecified atom stereocenters. The van der Waals surface area contributed by atoms with E-state index in [4.69, 9.17) is 4.43 Å². The molecule has 1 aromatic carbocycles. The van der Waals surface area contributed by atoms with Crippen molar-refractivity contribution in [3.63, 3.8) is 0 Å². The number of hydrogen-bond donors (Lipinski definition) is 0. The predicted octanol–water partition coefficient (Wildman–Crippen LogP) is 3.45. The molecule has 0 saturated heterocycles. The third kappa shape index (κ3) is 4.22. The van der Waals surface area contributed by atoms with E-state index >= 15 is 0 Å². The van der Waals surface area contributed by atoms with Crippen molar-refractivity contribution >= 4 is 21.6 Å². The second-order valence-corrected chi connectivity index (χ2v) is 15.5. The first-order valence-corrected chi connectivity index (χ1v) is 12.4. The Hall–Kier alpha value is -0.546. The van der Waals surface area contributed by atoms with Crippen LogP contribution in [0.4, 0.5) is 0 Å². The Morgan fingerprint density at radius 3 is 2.00 bits per heavy atom. The van der Waals surface area contributed by atoms with E-state index in [1.807, 2.05) is 0 Å². The van der Waals surface area contributed by atoms with Crippen LogP contribution in [0.1, 0.15) is 0 Å². The van der Waals surface area contributed by atoms with Crippen LogP contribution in [0.5, 0.6) is 5.75 Å². The van der Waals surface area contributed by atoms with Gasteiger partial charge >= 0.3 is 0 Å². The van der Waals surface area contributed by atoms with Crippen molar-refractivity contribution in [1.29, 1.82) is 0 Å². The molecule has 0 atom stereocenters. The Morgan fingerprint density at radius 2 is 1.53 bits per heavy atom. The number of benzene rings is 1. The molecule has 0 spiro atoms. The Balaban J connectivity index is 2.94. The molecule has 0 N–H and O–H groups in total. The van der Waals surface area contributed by atoms with Gasteiger partial charge in [-0.05, 0) is 31.8 Å². The molecule has 3 heteroatoms. The summed E-state index contributed by atoms with van der Waals surface area (Å²) in [6.45, 7) is 13.7. The van der Waals surface area contributed by atoms with Crippen molar-refractivity contribution in [3.8, 4) is 5.75 Å². The molecule has 1 rings (SSSR count). The molecule has 84 valence electrons. The van der Waals surface area contributed by atoms with Gasteiger partial charge in [-0.1, -0.05) is 37.0 Å². The van der Waals surface area contributed by atoms with E-state index in [1.165, 1.54) is 5.19 Å². The van der Waals surface area contributed by atoms with Crippen LogP contribution in [0.2, 0.25) is 39.3 Å². The summed E-state index contributed by atoms with van der Waals surface area (Å²) in [6.07, 6.45) is 0. The van der Waals surface area contributed by atoms with E-state index in [1.54, 1.807) is 0 Å². The van der Waals surface area contributed by atoms with Gasteiger partial charge in [-0.25, -0.2) is 0 Å². The van der Waals surface area contributed by atoms with Crippen molar-refractivity contribution in [2.45, 2.75) is 39.3 Å². The molecule has 0 bridgehead atoms. The van der Waals surface area contributed by atoms with E-state index in [2.05, 4.69) is 63.5 Å². The van der Waals surface area contributed by atoms with E-state index in [9.17, 15) is 0 Å². The second-order valence-electron chi connectivity index (χ2n) is 5.99. The molecular formula is C12H22OSi2. The maximum Gasteiger partial charge on any atom is 0.242 e. The topological polar surface area (TPSA) is 9.23 Å². The Kier molecular flexibility index (Phi) is 3.46. The Bertz CT molecular complexity index is 334. The summed E-state index contributed by atoms with van der Waals surface area (Å²) < 4.78 is 6.00. The molecule has 0 heterocycles. The third-order valence-corrected chi connectivity index (χ3v) is 5.02. The van der Waals surface area contributed by atoms with Crippen LogP contribution in [-0.4, -0.2) is 16.4 Å². The summed E-state index contributed by atoms with van der Waals surface area (Å²) in [4.78, 5) is 0. The van der Waals surface area contributed by atoms with Crippen LogP contribution in [-0.2, 0) is 0 Å². The molecule has 1 nitrogen and oxygen atoms in total. The SMILES string of the molecule is C[Si](C)(C)Oc1cccc([Si](C)(C)C)c1. The minimum atomic E-state index is -1.46. The monoisotopic (exact) mass is 238 g/mol. The lowest BCUT2D eigenvalue weighted by Gasteiger charge is -2.22. The van der Waals surface area contributed by atoms with Gasteiger partial charge in [-0.15, -0.1) is 0 Å². The first-order valence-electron chi connectivity index (χ1n) is 5.48. The van der Waals surface area contributed by atoms with Gasteiger partial charge in [0.25, 0.3) is 0 Å². The average Bonchev–Trinajstić information content (AvgIpc) is 1.99. The average molecular weight is 238 g/mol. The van der Waals surface area contributed by atoms with E-state index in [-0.39, 0.29) is 0 Å². The second kappa shape index (κ2) is 4.14. The zero-order valence-corrected chi connectivity index (χ0v) is 12.7. The summed E-state index contributed by atoms with van der Waals surface area (Å²) in [5.74, 6) is 1.05. The third-order valence-electron chi connectivity index (χ3n) is 2.12. The van der Waals surface area contributed by atoms with E-state index < -0.39 is 16.4 Å². The highest BCUT2D eigenvalue weighted by Crippen LogP contribution is 2.16.